The second kappa shape index (κ2) is 4.75. The van der Waals surface area contributed by atoms with Crippen molar-refractivity contribution >= 4 is 33.0 Å². The maximum absolute atomic E-state index is 13.6. The number of hydrogen-bond acceptors (Lipinski definition) is 2. The number of nitrogens with one attached hydrogen (secondary N) is 1. The molecule has 0 amide bonds. The largest absolute Gasteiger partial charge is 0.397 e. The fourth-order valence-corrected chi connectivity index (χ4v) is 1.90. The summed E-state index contributed by atoms with van der Waals surface area (Å²) in [5.41, 5.74) is 8.30. The average Bonchev–Trinajstić information content (AvgIpc) is 2.28. The maximum atomic E-state index is 13.6. The quantitative estimate of drug-likeness (QED) is 0.814. The van der Waals surface area contributed by atoms with Gasteiger partial charge in [-0.2, -0.15) is 0 Å². The van der Waals surface area contributed by atoms with E-state index in [9.17, 15) is 4.39 Å². The summed E-state index contributed by atoms with van der Waals surface area (Å²) >= 11 is 3.38. The Kier molecular flexibility index (Phi) is 3.33. The maximum Gasteiger partial charge on any atom is 0.148 e. The van der Waals surface area contributed by atoms with Crippen LogP contribution in [0, 0.1) is 12.7 Å². The third-order valence-corrected chi connectivity index (χ3v) is 3.00. The van der Waals surface area contributed by atoms with Gasteiger partial charge < -0.3 is 11.1 Å². The number of halogens is 2. The van der Waals surface area contributed by atoms with E-state index in [1.807, 2.05) is 25.1 Å². The van der Waals surface area contributed by atoms with Gasteiger partial charge in [0.25, 0.3) is 0 Å². The third kappa shape index (κ3) is 2.58. The SMILES string of the molecule is Cc1ccc(Br)cc1Nc1c(N)cccc1F. The molecule has 0 spiro atoms. The van der Waals surface area contributed by atoms with Gasteiger partial charge in [-0.25, -0.2) is 4.39 Å². The van der Waals surface area contributed by atoms with Crippen LogP contribution in [-0.2, 0) is 0 Å². The molecule has 2 aromatic carbocycles. The number of benzene rings is 2. The van der Waals surface area contributed by atoms with E-state index in [2.05, 4.69) is 21.2 Å². The molecule has 2 nitrogen and oxygen atoms in total. The first-order valence-corrected chi connectivity index (χ1v) is 5.94. The Morgan fingerprint density at radius 2 is 2.00 bits per heavy atom. The molecule has 0 radical (unpaired) electrons. The van der Waals surface area contributed by atoms with E-state index >= 15 is 0 Å². The van der Waals surface area contributed by atoms with E-state index in [1.165, 1.54) is 6.07 Å². The summed E-state index contributed by atoms with van der Waals surface area (Å²) in [7, 11) is 0. The van der Waals surface area contributed by atoms with Gasteiger partial charge in [0, 0.05) is 10.2 Å². The van der Waals surface area contributed by atoms with Crippen molar-refractivity contribution in [3.63, 3.8) is 0 Å². The molecule has 0 heterocycles. The van der Waals surface area contributed by atoms with Crippen LogP contribution < -0.4 is 11.1 Å². The van der Waals surface area contributed by atoms with Crippen LogP contribution >= 0.6 is 15.9 Å². The Morgan fingerprint density at radius 1 is 1.24 bits per heavy atom. The molecule has 88 valence electrons. The van der Waals surface area contributed by atoms with Crippen LogP contribution in [0.5, 0.6) is 0 Å². The minimum atomic E-state index is -0.357. The van der Waals surface area contributed by atoms with Gasteiger partial charge in [-0.3, -0.25) is 0 Å². The molecular formula is C13H12BrFN2. The normalized spacial score (nSPS) is 10.3. The summed E-state index contributed by atoms with van der Waals surface area (Å²) in [6.45, 7) is 1.95. The number of para-hydroxylation sites is 1. The van der Waals surface area contributed by atoms with E-state index in [4.69, 9.17) is 5.73 Å². The highest BCUT2D eigenvalue weighted by molar-refractivity contribution is 9.10. The molecule has 0 fully saturated rings. The molecule has 2 rings (SSSR count). The van der Waals surface area contributed by atoms with E-state index in [1.54, 1.807) is 12.1 Å². The molecule has 0 bridgehead atoms. The number of rotatable bonds is 2. The van der Waals surface area contributed by atoms with Crippen molar-refractivity contribution in [3.8, 4) is 0 Å². The first-order chi connectivity index (χ1) is 8.08. The van der Waals surface area contributed by atoms with Gasteiger partial charge in [-0.05, 0) is 36.8 Å². The second-order valence-electron chi connectivity index (χ2n) is 3.79. The fourth-order valence-electron chi connectivity index (χ4n) is 1.54. The number of nitrogen functional groups attached to an aromatic ring is 1. The molecule has 0 aliphatic heterocycles. The van der Waals surface area contributed by atoms with Crippen molar-refractivity contribution in [1.82, 2.24) is 0 Å². The molecule has 0 aliphatic rings. The minimum absolute atomic E-state index is 0.314. The van der Waals surface area contributed by atoms with Gasteiger partial charge in [0.2, 0.25) is 0 Å². The van der Waals surface area contributed by atoms with E-state index in [-0.39, 0.29) is 5.82 Å². The average molecular weight is 295 g/mol. The minimum Gasteiger partial charge on any atom is -0.397 e. The molecule has 4 heteroatoms. The van der Waals surface area contributed by atoms with Crippen molar-refractivity contribution in [1.29, 1.82) is 0 Å². The zero-order chi connectivity index (χ0) is 12.4. The number of aryl methyl sites for hydroxylation is 1. The van der Waals surface area contributed by atoms with Crippen LogP contribution in [0.15, 0.2) is 40.9 Å². The first kappa shape index (κ1) is 11.9. The van der Waals surface area contributed by atoms with Crippen LogP contribution in [0.4, 0.5) is 21.5 Å². The van der Waals surface area contributed by atoms with Gasteiger partial charge in [0.05, 0.1) is 11.4 Å². The lowest BCUT2D eigenvalue weighted by atomic mass is 10.2. The van der Waals surface area contributed by atoms with Crippen LogP contribution in [0.25, 0.3) is 0 Å². The van der Waals surface area contributed by atoms with E-state index in [0.29, 0.717) is 11.4 Å². The molecule has 0 saturated heterocycles. The van der Waals surface area contributed by atoms with Crippen LogP contribution in [-0.4, -0.2) is 0 Å². The van der Waals surface area contributed by atoms with Gasteiger partial charge >= 0.3 is 0 Å². The van der Waals surface area contributed by atoms with Crippen LogP contribution in [0.2, 0.25) is 0 Å². The van der Waals surface area contributed by atoms with Crippen LogP contribution in [0.1, 0.15) is 5.56 Å². The molecule has 17 heavy (non-hydrogen) atoms. The van der Waals surface area contributed by atoms with Crippen LogP contribution in [0.3, 0.4) is 0 Å². The predicted molar refractivity (Wildman–Crippen MR) is 73.0 cm³/mol. The highest BCUT2D eigenvalue weighted by atomic mass is 79.9. The van der Waals surface area contributed by atoms with Crippen molar-refractivity contribution < 1.29 is 4.39 Å². The van der Waals surface area contributed by atoms with Crippen molar-refractivity contribution in [2.75, 3.05) is 11.1 Å². The summed E-state index contributed by atoms with van der Waals surface area (Å²) in [5.74, 6) is -0.357. The van der Waals surface area contributed by atoms with E-state index in [0.717, 1.165) is 15.7 Å². The zero-order valence-electron chi connectivity index (χ0n) is 9.30. The fraction of sp³-hybridized carbons (Fsp3) is 0.0769. The second-order valence-corrected chi connectivity index (χ2v) is 4.70. The van der Waals surface area contributed by atoms with Gasteiger partial charge in [-0.15, -0.1) is 0 Å². The summed E-state index contributed by atoms with van der Waals surface area (Å²) in [4.78, 5) is 0. The Balaban J connectivity index is 2.41. The molecule has 2 aromatic rings. The lowest BCUT2D eigenvalue weighted by Crippen LogP contribution is -2.00. The Labute approximate surface area is 108 Å². The first-order valence-electron chi connectivity index (χ1n) is 5.15. The highest BCUT2D eigenvalue weighted by Gasteiger charge is 2.07. The Bertz CT molecular complexity index is 535. The van der Waals surface area contributed by atoms with E-state index < -0.39 is 0 Å². The van der Waals surface area contributed by atoms with Crippen molar-refractivity contribution in [3.05, 3.63) is 52.3 Å². The molecular weight excluding hydrogens is 283 g/mol. The summed E-state index contributed by atoms with van der Waals surface area (Å²) in [6.07, 6.45) is 0. The number of hydrogen-bond donors (Lipinski definition) is 2. The highest BCUT2D eigenvalue weighted by Crippen LogP contribution is 2.29. The zero-order valence-corrected chi connectivity index (χ0v) is 10.9. The molecule has 0 saturated carbocycles. The van der Waals surface area contributed by atoms with Gasteiger partial charge in [0.15, 0.2) is 0 Å². The lowest BCUT2D eigenvalue weighted by molar-refractivity contribution is 0.632. The Hall–Kier alpha value is -1.55. The Morgan fingerprint density at radius 3 is 2.71 bits per heavy atom. The molecule has 0 aliphatic carbocycles. The summed E-state index contributed by atoms with van der Waals surface area (Å²) < 4.78 is 14.5. The third-order valence-electron chi connectivity index (χ3n) is 2.51. The number of nitrogens with two attached hydrogens (primary N) is 1. The monoisotopic (exact) mass is 294 g/mol. The summed E-state index contributed by atoms with van der Waals surface area (Å²) in [6, 6.07) is 10.4. The van der Waals surface area contributed by atoms with Gasteiger partial charge in [-0.1, -0.05) is 28.1 Å². The van der Waals surface area contributed by atoms with Crippen molar-refractivity contribution in [2.45, 2.75) is 6.92 Å². The standard InChI is InChI=1S/C13H12BrFN2/c1-8-5-6-9(14)7-12(8)17-13-10(15)3-2-4-11(13)16/h2-7,17H,16H2,1H3. The topological polar surface area (TPSA) is 38.0 Å². The molecule has 0 atom stereocenters. The molecule has 0 aromatic heterocycles. The smallest absolute Gasteiger partial charge is 0.148 e. The van der Waals surface area contributed by atoms with Gasteiger partial charge in [0.1, 0.15) is 5.82 Å². The molecule has 3 N–H and O–H groups in total. The number of anilines is 3. The lowest BCUT2D eigenvalue weighted by Gasteiger charge is -2.12. The van der Waals surface area contributed by atoms with Crippen molar-refractivity contribution in [2.24, 2.45) is 0 Å². The predicted octanol–water partition coefficient (Wildman–Crippen LogP) is 4.22. The summed E-state index contributed by atoms with van der Waals surface area (Å²) in [5, 5.41) is 3.02. The molecule has 0 unspecified atom stereocenters.